The molecule has 1 aliphatic carbocycles. The summed E-state index contributed by atoms with van der Waals surface area (Å²) in [5, 5.41) is 9.39. The molecular weight excluding hydrogens is 180 g/mol. The Bertz CT molecular complexity index is 213. The summed E-state index contributed by atoms with van der Waals surface area (Å²) in [6.45, 7) is 1.41. The molecule has 0 bridgehead atoms. The molecule has 1 heterocycles. The SMILES string of the molecule is O=C(O)C1(C2CCOC2)CCCCC1. The maximum atomic E-state index is 11.4. The lowest BCUT2D eigenvalue weighted by molar-refractivity contribution is -0.155. The van der Waals surface area contributed by atoms with Crippen molar-refractivity contribution in [3.63, 3.8) is 0 Å². The zero-order valence-electron chi connectivity index (χ0n) is 8.50. The molecule has 1 saturated heterocycles. The van der Waals surface area contributed by atoms with Gasteiger partial charge < -0.3 is 9.84 Å². The van der Waals surface area contributed by atoms with E-state index in [1.165, 1.54) is 6.42 Å². The quantitative estimate of drug-likeness (QED) is 0.738. The lowest BCUT2D eigenvalue weighted by atomic mass is 9.65. The van der Waals surface area contributed by atoms with Crippen molar-refractivity contribution in [3.8, 4) is 0 Å². The number of hydrogen-bond donors (Lipinski definition) is 1. The van der Waals surface area contributed by atoms with Crippen LogP contribution in [0, 0.1) is 11.3 Å². The summed E-state index contributed by atoms with van der Waals surface area (Å²) < 4.78 is 5.32. The average Bonchev–Trinajstić information content (AvgIpc) is 2.72. The lowest BCUT2D eigenvalue weighted by Crippen LogP contribution is -2.40. The molecule has 1 saturated carbocycles. The van der Waals surface area contributed by atoms with Gasteiger partial charge in [-0.25, -0.2) is 0 Å². The second-order valence-corrected chi connectivity index (χ2v) is 4.58. The highest BCUT2D eigenvalue weighted by atomic mass is 16.5. The monoisotopic (exact) mass is 198 g/mol. The number of rotatable bonds is 2. The molecule has 1 unspecified atom stereocenters. The predicted molar refractivity (Wildman–Crippen MR) is 52.1 cm³/mol. The van der Waals surface area contributed by atoms with Gasteiger partial charge in [0.2, 0.25) is 0 Å². The van der Waals surface area contributed by atoms with E-state index in [4.69, 9.17) is 4.74 Å². The van der Waals surface area contributed by atoms with Crippen LogP contribution in [-0.4, -0.2) is 24.3 Å². The van der Waals surface area contributed by atoms with Crippen molar-refractivity contribution >= 4 is 5.97 Å². The predicted octanol–water partition coefficient (Wildman–Crippen LogP) is 2.06. The Morgan fingerprint density at radius 3 is 2.50 bits per heavy atom. The molecule has 0 spiro atoms. The normalized spacial score (nSPS) is 31.6. The molecule has 3 heteroatoms. The van der Waals surface area contributed by atoms with Crippen LogP contribution in [0.5, 0.6) is 0 Å². The van der Waals surface area contributed by atoms with Crippen LogP contribution < -0.4 is 0 Å². The molecule has 0 aromatic carbocycles. The van der Waals surface area contributed by atoms with Gasteiger partial charge in [-0.2, -0.15) is 0 Å². The molecular formula is C11H18O3. The third-order valence-corrected chi connectivity index (χ3v) is 3.88. The van der Waals surface area contributed by atoms with Crippen LogP contribution in [0.15, 0.2) is 0 Å². The molecule has 0 aromatic heterocycles. The van der Waals surface area contributed by atoms with Gasteiger partial charge in [0.25, 0.3) is 0 Å². The minimum atomic E-state index is -0.590. The smallest absolute Gasteiger partial charge is 0.310 e. The zero-order chi connectivity index (χ0) is 10.0. The van der Waals surface area contributed by atoms with E-state index >= 15 is 0 Å². The van der Waals surface area contributed by atoms with Crippen LogP contribution in [0.25, 0.3) is 0 Å². The third-order valence-electron chi connectivity index (χ3n) is 3.88. The Morgan fingerprint density at radius 1 is 1.29 bits per heavy atom. The highest BCUT2D eigenvalue weighted by Gasteiger charge is 2.47. The number of hydrogen-bond acceptors (Lipinski definition) is 2. The molecule has 80 valence electrons. The fourth-order valence-electron chi connectivity index (χ4n) is 2.95. The summed E-state index contributed by atoms with van der Waals surface area (Å²) in [4.78, 5) is 11.4. The molecule has 14 heavy (non-hydrogen) atoms. The first kappa shape index (κ1) is 9.97. The molecule has 0 amide bonds. The Hall–Kier alpha value is -0.570. The first-order valence-corrected chi connectivity index (χ1v) is 5.57. The van der Waals surface area contributed by atoms with Crippen LogP contribution in [0.1, 0.15) is 38.5 Å². The first-order valence-electron chi connectivity index (χ1n) is 5.57. The summed E-state index contributed by atoms with van der Waals surface area (Å²) in [6.07, 6.45) is 5.99. The average molecular weight is 198 g/mol. The first-order chi connectivity index (χ1) is 6.76. The Kier molecular flexibility index (Phi) is 2.77. The molecule has 2 aliphatic rings. The van der Waals surface area contributed by atoms with Crippen molar-refractivity contribution in [2.24, 2.45) is 11.3 Å². The van der Waals surface area contributed by atoms with Crippen molar-refractivity contribution in [1.29, 1.82) is 0 Å². The molecule has 1 aliphatic heterocycles. The maximum absolute atomic E-state index is 11.4. The molecule has 2 fully saturated rings. The molecule has 2 rings (SSSR count). The van der Waals surface area contributed by atoms with Crippen molar-refractivity contribution in [2.45, 2.75) is 38.5 Å². The van der Waals surface area contributed by atoms with Gasteiger partial charge in [0.05, 0.1) is 12.0 Å². The summed E-state index contributed by atoms with van der Waals surface area (Å²) in [5.74, 6) is -0.326. The molecule has 1 atom stereocenters. The van der Waals surface area contributed by atoms with E-state index in [0.717, 1.165) is 38.7 Å². The van der Waals surface area contributed by atoms with Crippen molar-refractivity contribution in [2.75, 3.05) is 13.2 Å². The maximum Gasteiger partial charge on any atom is 0.310 e. The van der Waals surface area contributed by atoms with Gasteiger partial charge in [0.1, 0.15) is 0 Å². The molecule has 3 nitrogen and oxygen atoms in total. The van der Waals surface area contributed by atoms with E-state index < -0.39 is 11.4 Å². The number of ether oxygens (including phenoxy) is 1. The van der Waals surface area contributed by atoms with Crippen molar-refractivity contribution in [1.82, 2.24) is 0 Å². The highest BCUT2D eigenvalue weighted by Crippen LogP contribution is 2.45. The van der Waals surface area contributed by atoms with Gasteiger partial charge in [0.15, 0.2) is 0 Å². The molecule has 0 radical (unpaired) electrons. The summed E-state index contributed by atoms with van der Waals surface area (Å²) in [7, 11) is 0. The number of aliphatic carboxylic acids is 1. The lowest BCUT2D eigenvalue weighted by Gasteiger charge is -2.37. The minimum absolute atomic E-state index is 0.264. The van der Waals surface area contributed by atoms with Crippen LogP contribution in [0.3, 0.4) is 0 Å². The van der Waals surface area contributed by atoms with Crippen molar-refractivity contribution in [3.05, 3.63) is 0 Å². The third kappa shape index (κ3) is 1.54. The number of carboxylic acids is 1. The topological polar surface area (TPSA) is 46.5 Å². The van der Waals surface area contributed by atoms with E-state index in [1.54, 1.807) is 0 Å². The van der Waals surface area contributed by atoms with Crippen molar-refractivity contribution < 1.29 is 14.6 Å². The van der Waals surface area contributed by atoms with Gasteiger partial charge in [0, 0.05) is 12.5 Å². The summed E-state index contributed by atoms with van der Waals surface area (Å²) in [5.41, 5.74) is -0.450. The largest absolute Gasteiger partial charge is 0.481 e. The van der Waals surface area contributed by atoms with Gasteiger partial charge in [-0.15, -0.1) is 0 Å². The Labute approximate surface area is 84.4 Å². The summed E-state index contributed by atoms with van der Waals surface area (Å²) in [6, 6.07) is 0. The second kappa shape index (κ2) is 3.89. The van der Waals surface area contributed by atoms with Crippen LogP contribution >= 0.6 is 0 Å². The highest BCUT2D eigenvalue weighted by molar-refractivity contribution is 5.75. The summed E-state index contributed by atoms with van der Waals surface area (Å²) >= 11 is 0. The standard InChI is InChI=1S/C11H18O3/c12-10(13)11(5-2-1-3-6-11)9-4-7-14-8-9/h9H,1-8H2,(H,12,13). The van der Waals surface area contributed by atoms with E-state index in [9.17, 15) is 9.90 Å². The minimum Gasteiger partial charge on any atom is -0.481 e. The molecule has 0 aromatic rings. The number of carbonyl (C=O) groups is 1. The second-order valence-electron chi connectivity index (χ2n) is 4.58. The van der Waals surface area contributed by atoms with Crippen LogP contribution in [0.4, 0.5) is 0 Å². The van der Waals surface area contributed by atoms with Crippen LogP contribution in [0.2, 0.25) is 0 Å². The van der Waals surface area contributed by atoms with Gasteiger partial charge in [-0.1, -0.05) is 19.3 Å². The Morgan fingerprint density at radius 2 is 2.00 bits per heavy atom. The van der Waals surface area contributed by atoms with E-state index in [1.807, 2.05) is 0 Å². The number of carboxylic acid groups (broad SMARTS) is 1. The van der Waals surface area contributed by atoms with Crippen LogP contribution in [-0.2, 0) is 9.53 Å². The van der Waals surface area contributed by atoms with Gasteiger partial charge >= 0.3 is 5.97 Å². The van der Waals surface area contributed by atoms with E-state index in [-0.39, 0.29) is 5.92 Å². The fourth-order valence-corrected chi connectivity index (χ4v) is 2.95. The van der Waals surface area contributed by atoms with E-state index in [2.05, 4.69) is 0 Å². The molecule has 1 N–H and O–H groups in total. The van der Waals surface area contributed by atoms with Gasteiger partial charge in [-0.05, 0) is 19.3 Å². The fraction of sp³-hybridized carbons (Fsp3) is 0.909. The Balaban J connectivity index is 2.15. The van der Waals surface area contributed by atoms with E-state index in [0.29, 0.717) is 6.61 Å². The zero-order valence-corrected chi connectivity index (χ0v) is 8.50. The van der Waals surface area contributed by atoms with Gasteiger partial charge in [-0.3, -0.25) is 4.79 Å².